The molecule has 49 heavy (non-hydrogen) atoms. The molecule has 0 bridgehead atoms. The Morgan fingerprint density at radius 3 is 2.16 bits per heavy atom. The number of rotatable bonds is 11. The number of alkyl halides is 3. The molecule has 0 radical (unpaired) electrons. The van der Waals surface area contributed by atoms with Gasteiger partial charge in [0, 0.05) is 17.8 Å². The molecule has 0 aliphatic heterocycles. The van der Waals surface area contributed by atoms with E-state index >= 15 is 0 Å². The summed E-state index contributed by atoms with van der Waals surface area (Å²) in [5, 5.41) is 5.43. The van der Waals surface area contributed by atoms with Crippen molar-refractivity contribution in [2.45, 2.75) is 46.2 Å². The van der Waals surface area contributed by atoms with Crippen molar-refractivity contribution in [2.75, 3.05) is 17.6 Å². The third-order valence-corrected chi connectivity index (χ3v) is 8.44. The molecule has 0 fully saturated rings. The van der Waals surface area contributed by atoms with E-state index in [0.29, 0.717) is 28.8 Å². The third-order valence-electron chi connectivity index (χ3n) is 7.72. The number of allylic oxidation sites excluding steroid dienone is 1. The monoisotopic (exact) mass is 692 g/mol. The highest BCUT2D eigenvalue weighted by Gasteiger charge is 2.30. The van der Waals surface area contributed by atoms with Gasteiger partial charge in [0.2, 0.25) is 5.91 Å². The van der Waals surface area contributed by atoms with E-state index in [9.17, 15) is 31.2 Å². The van der Waals surface area contributed by atoms with Crippen LogP contribution in [0.2, 0.25) is 0 Å². The first-order valence-electron chi connectivity index (χ1n) is 15.6. The lowest BCUT2D eigenvalue weighted by Crippen LogP contribution is -2.28. The summed E-state index contributed by atoms with van der Waals surface area (Å²) in [6.45, 7) is 7.65. The molecule has 0 aromatic heterocycles. The van der Waals surface area contributed by atoms with Crippen molar-refractivity contribution in [3.05, 3.63) is 130 Å². The quantitative estimate of drug-likeness (QED) is 0.137. The van der Waals surface area contributed by atoms with Gasteiger partial charge in [-0.05, 0) is 88.5 Å². The fourth-order valence-electron chi connectivity index (χ4n) is 5.14. The second kappa shape index (κ2) is 15.2. The van der Waals surface area contributed by atoms with Gasteiger partial charge in [0.1, 0.15) is 0 Å². The summed E-state index contributed by atoms with van der Waals surface area (Å²) in [6.07, 6.45) is -0.0382. The highest BCUT2D eigenvalue weighted by Crippen LogP contribution is 2.34. The summed E-state index contributed by atoms with van der Waals surface area (Å²) >= 11 is 0. The fourth-order valence-corrected chi connectivity index (χ4v) is 5.50. The first kappa shape index (κ1) is 37.1. The van der Waals surface area contributed by atoms with Crippen LogP contribution in [0, 0.1) is 12.3 Å². The minimum atomic E-state index is -4.43. The van der Waals surface area contributed by atoms with E-state index in [1.54, 1.807) is 55.5 Å². The second-order valence-electron chi connectivity index (χ2n) is 13.0. The second-order valence-corrected chi connectivity index (χ2v) is 14.5. The zero-order chi connectivity index (χ0) is 36.0. The van der Waals surface area contributed by atoms with Gasteiger partial charge in [-0.3, -0.25) is 14.1 Å². The number of nitrogens with one attached hydrogen (secondary N) is 2. The van der Waals surface area contributed by atoms with Gasteiger partial charge in [0.15, 0.2) is 0 Å². The lowest BCUT2D eigenvalue weighted by atomic mass is 9.89. The Morgan fingerprint density at radius 2 is 1.57 bits per heavy atom. The number of amides is 2. The zero-order valence-electron chi connectivity index (χ0n) is 27.6. The Labute approximate surface area is 285 Å². The Balaban J connectivity index is 1.57. The standard InChI is InChI=1S/C38H39F3N2O5S/c1-25-22-31(38(39,40)41)14-17-33(25)28-12-15-32(16-13-28)43-36(45)34(30-7-5-6-26(23-30)18-19-37(2,3)4)24-27-8-10-29(11-9-27)35(44)42-20-21-49(46,47)48/h5-19,22-23,34H,20-21,24H2,1-4H3,(H,42,44)(H,43,45)(H,46,47,48)/b19-18+. The Hall–Kier alpha value is -4.74. The molecule has 2 amide bonds. The third kappa shape index (κ3) is 11.2. The number of hydrogen-bond acceptors (Lipinski definition) is 4. The van der Waals surface area contributed by atoms with Crippen molar-refractivity contribution in [3.8, 4) is 11.1 Å². The summed E-state index contributed by atoms with van der Waals surface area (Å²) in [6, 6.07) is 24.8. The van der Waals surface area contributed by atoms with Crippen LogP contribution in [0.3, 0.4) is 0 Å². The predicted octanol–water partition coefficient (Wildman–Crippen LogP) is 8.32. The van der Waals surface area contributed by atoms with Crippen LogP contribution in [0.5, 0.6) is 0 Å². The van der Waals surface area contributed by atoms with Crippen LogP contribution in [0.1, 0.15) is 64.9 Å². The van der Waals surface area contributed by atoms with Crippen LogP contribution in [0.15, 0.2) is 97.1 Å². The van der Waals surface area contributed by atoms with Crippen molar-refractivity contribution in [3.63, 3.8) is 0 Å². The number of aryl methyl sites for hydroxylation is 1. The SMILES string of the molecule is Cc1cc(C(F)(F)F)ccc1-c1ccc(NC(=O)C(Cc2ccc(C(=O)NCCS(=O)(=O)O)cc2)c2cccc(/C=C/C(C)(C)C)c2)cc1. The molecule has 4 rings (SSSR count). The summed E-state index contributed by atoms with van der Waals surface area (Å²) in [5.41, 5.74) is 4.37. The first-order chi connectivity index (χ1) is 22.9. The Morgan fingerprint density at radius 1 is 0.898 bits per heavy atom. The average molecular weight is 693 g/mol. The smallest absolute Gasteiger partial charge is 0.351 e. The average Bonchev–Trinajstić information content (AvgIpc) is 3.02. The molecule has 0 saturated carbocycles. The molecule has 11 heteroatoms. The number of carbonyl (C=O) groups excluding carboxylic acids is 2. The van der Waals surface area contributed by atoms with Gasteiger partial charge in [0.05, 0.1) is 17.2 Å². The van der Waals surface area contributed by atoms with Crippen LogP contribution in [-0.2, 0) is 27.5 Å². The van der Waals surface area contributed by atoms with Crippen molar-refractivity contribution in [1.82, 2.24) is 5.32 Å². The normalized spacial score (nSPS) is 12.9. The van der Waals surface area contributed by atoms with Gasteiger partial charge < -0.3 is 10.6 Å². The van der Waals surface area contributed by atoms with Gasteiger partial charge in [-0.15, -0.1) is 0 Å². The van der Waals surface area contributed by atoms with E-state index in [1.165, 1.54) is 6.07 Å². The maximum absolute atomic E-state index is 13.9. The molecular weight excluding hydrogens is 653 g/mol. The molecule has 0 saturated heterocycles. The fraction of sp³-hybridized carbons (Fsp3) is 0.263. The van der Waals surface area contributed by atoms with Gasteiger partial charge in [-0.1, -0.05) is 87.5 Å². The van der Waals surface area contributed by atoms with Crippen molar-refractivity contribution < 1.29 is 35.7 Å². The molecule has 1 atom stereocenters. The van der Waals surface area contributed by atoms with E-state index in [0.717, 1.165) is 28.8 Å². The van der Waals surface area contributed by atoms with E-state index in [4.69, 9.17) is 4.55 Å². The Kier molecular flexibility index (Phi) is 11.5. The van der Waals surface area contributed by atoms with Gasteiger partial charge in [-0.2, -0.15) is 21.6 Å². The number of benzene rings is 4. The molecule has 1 unspecified atom stereocenters. The van der Waals surface area contributed by atoms with E-state index in [-0.39, 0.29) is 23.4 Å². The molecule has 0 heterocycles. The summed E-state index contributed by atoms with van der Waals surface area (Å²) in [5.74, 6) is -2.01. The minimum absolute atomic E-state index is 0.0434. The van der Waals surface area contributed by atoms with Crippen LogP contribution < -0.4 is 10.6 Å². The molecule has 0 aliphatic rings. The van der Waals surface area contributed by atoms with Gasteiger partial charge in [-0.25, -0.2) is 0 Å². The van der Waals surface area contributed by atoms with E-state index < -0.39 is 39.4 Å². The molecule has 0 aliphatic carbocycles. The van der Waals surface area contributed by atoms with Crippen molar-refractivity contribution in [1.29, 1.82) is 0 Å². The summed E-state index contributed by atoms with van der Waals surface area (Å²) in [4.78, 5) is 26.3. The molecule has 258 valence electrons. The first-order valence-corrected chi connectivity index (χ1v) is 17.2. The lowest BCUT2D eigenvalue weighted by molar-refractivity contribution is -0.137. The van der Waals surface area contributed by atoms with E-state index in [2.05, 4.69) is 37.5 Å². The number of halogens is 3. The maximum Gasteiger partial charge on any atom is 0.416 e. The topological polar surface area (TPSA) is 113 Å². The van der Waals surface area contributed by atoms with Gasteiger partial charge in [0.25, 0.3) is 16.0 Å². The van der Waals surface area contributed by atoms with Crippen molar-refractivity contribution in [2.24, 2.45) is 5.41 Å². The molecule has 3 N–H and O–H groups in total. The van der Waals surface area contributed by atoms with Crippen LogP contribution in [0.25, 0.3) is 17.2 Å². The number of anilines is 1. The number of hydrogen-bond donors (Lipinski definition) is 3. The molecule has 4 aromatic rings. The van der Waals surface area contributed by atoms with Crippen LogP contribution >= 0.6 is 0 Å². The molecule has 7 nitrogen and oxygen atoms in total. The van der Waals surface area contributed by atoms with Crippen LogP contribution in [0.4, 0.5) is 18.9 Å². The summed E-state index contributed by atoms with van der Waals surface area (Å²) in [7, 11) is -4.21. The largest absolute Gasteiger partial charge is 0.416 e. The highest BCUT2D eigenvalue weighted by atomic mass is 32.2. The van der Waals surface area contributed by atoms with Gasteiger partial charge >= 0.3 is 6.18 Å². The summed E-state index contributed by atoms with van der Waals surface area (Å²) < 4.78 is 70.2. The minimum Gasteiger partial charge on any atom is -0.351 e. The molecule has 4 aromatic carbocycles. The number of carbonyl (C=O) groups is 2. The Bertz CT molecular complexity index is 1930. The molecular formula is C38H39F3N2O5S. The van der Waals surface area contributed by atoms with E-state index in [1.807, 2.05) is 30.3 Å². The highest BCUT2D eigenvalue weighted by molar-refractivity contribution is 7.85. The predicted molar refractivity (Wildman–Crippen MR) is 187 cm³/mol. The van der Waals surface area contributed by atoms with Crippen LogP contribution in [-0.4, -0.2) is 37.1 Å². The zero-order valence-corrected chi connectivity index (χ0v) is 28.5. The molecule has 0 spiro atoms. The lowest BCUT2D eigenvalue weighted by Gasteiger charge is -2.19. The van der Waals surface area contributed by atoms with Crippen molar-refractivity contribution >= 4 is 33.7 Å². The maximum atomic E-state index is 13.9.